The molecule has 1 aromatic heterocycles. The molecule has 0 aliphatic heterocycles. The molecule has 1 aromatic carbocycles. The van der Waals surface area contributed by atoms with Gasteiger partial charge in [-0.25, -0.2) is 8.42 Å². The first-order chi connectivity index (χ1) is 9.56. The van der Waals surface area contributed by atoms with Crippen molar-refractivity contribution in [3.8, 4) is 0 Å². The Hall–Kier alpha value is -1.20. The Bertz CT molecular complexity index is 740. The lowest BCUT2D eigenvalue weighted by molar-refractivity contribution is 0.559. The lowest BCUT2D eigenvalue weighted by Crippen LogP contribution is -2.15. The van der Waals surface area contributed by atoms with Crippen LogP contribution < -0.4 is 0 Å². The molecule has 20 heavy (non-hydrogen) atoms. The number of hydrogen-bond donors (Lipinski definition) is 0. The third kappa shape index (κ3) is 2.65. The molecule has 0 radical (unpaired) electrons. The monoisotopic (exact) mass is 310 g/mol. The number of halogens is 1. The smallest absolute Gasteiger partial charge is 0.180 e. The Balaban J connectivity index is 2.08. The molecule has 0 saturated heterocycles. The van der Waals surface area contributed by atoms with E-state index in [1.54, 1.807) is 6.07 Å². The first kappa shape index (κ1) is 13.8. The molecule has 1 fully saturated rings. The Labute approximate surface area is 123 Å². The fourth-order valence-corrected chi connectivity index (χ4v) is 4.99. The molecule has 4 nitrogen and oxygen atoms in total. The highest BCUT2D eigenvalue weighted by Crippen LogP contribution is 2.31. The number of benzene rings is 1. The van der Waals surface area contributed by atoms with Crippen molar-refractivity contribution in [1.29, 1.82) is 0 Å². The molecule has 1 aliphatic rings. The van der Waals surface area contributed by atoms with Gasteiger partial charge in [0.2, 0.25) is 0 Å². The van der Waals surface area contributed by atoms with Crippen molar-refractivity contribution in [2.24, 2.45) is 5.92 Å². The van der Waals surface area contributed by atoms with E-state index in [0.717, 1.165) is 25.7 Å². The van der Waals surface area contributed by atoms with Crippen LogP contribution in [0.1, 0.15) is 25.7 Å². The average Bonchev–Trinajstić information content (AvgIpc) is 2.89. The van der Waals surface area contributed by atoms with Crippen molar-refractivity contribution in [3.05, 3.63) is 29.5 Å². The minimum atomic E-state index is -3.38. The van der Waals surface area contributed by atoms with Gasteiger partial charge in [0.05, 0.1) is 16.2 Å². The Morgan fingerprint density at radius 1 is 1.15 bits per heavy atom. The van der Waals surface area contributed by atoms with Crippen LogP contribution in [0.25, 0.3) is 11.0 Å². The quantitative estimate of drug-likeness (QED) is 0.873. The molecule has 1 aliphatic carbocycles. The first-order valence-electron chi connectivity index (χ1n) is 6.69. The minimum Gasteiger partial charge on any atom is -0.253 e. The Morgan fingerprint density at radius 3 is 2.60 bits per heavy atom. The van der Waals surface area contributed by atoms with Crippen LogP contribution in [0, 0.1) is 5.92 Å². The summed E-state index contributed by atoms with van der Waals surface area (Å²) < 4.78 is 25.3. The van der Waals surface area contributed by atoms with E-state index in [0.29, 0.717) is 16.1 Å². The summed E-state index contributed by atoms with van der Waals surface area (Å²) in [4.78, 5) is 8.51. The SMILES string of the molecule is O=S(=O)(CC1CCCC1)c1cc(Cl)cc2nccnc12. The van der Waals surface area contributed by atoms with Gasteiger partial charge < -0.3 is 0 Å². The number of hydrogen-bond acceptors (Lipinski definition) is 4. The van der Waals surface area contributed by atoms with Crippen LogP contribution in [0.3, 0.4) is 0 Å². The number of sulfone groups is 1. The van der Waals surface area contributed by atoms with Crippen LogP contribution >= 0.6 is 11.6 Å². The molecule has 0 spiro atoms. The maximum atomic E-state index is 12.6. The van der Waals surface area contributed by atoms with Gasteiger partial charge in [-0.1, -0.05) is 24.4 Å². The zero-order valence-electron chi connectivity index (χ0n) is 10.9. The van der Waals surface area contributed by atoms with E-state index in [1.807, 2.05) is 0 Å². The molecule has 6 heteroatoms. The summed E-state index contributed by atoms with van der Waals surface area (Å²) in [5.74, 6) is 0.435. The molecule has 1 heterocycles. The number of rotatable bonds is 3. The summed E-state index contributed by atoms with van der Waals surface area (Å²) in [6.45, 7) is 0. The van der Waals surface area contributed by atoms with Gasteiger partial charge in [-0.15, -0.1) is 0 Å². The summed E-state index contributed by atoms with van der Waals surface area (Å²) in [6.07, 6.45) is 7.26. The maximum Gasteiger partial charge on any atom is 0.180 e. The van der Waals surface area contributed by atoms with Crippen LogP contribution in [0.2, 0.25) is 5.02 Å². The van der Waals surface area contributed by atoms with E-state index >= 15 is 0 Å². The second-order valence-electron chi connectivity index (χ2n) is 5.26. The lowest BCUT2D eigenvalue weighted by Gasteiger charge is -2.11. The standard InChI is InChI=1S/C14H15ClN2O2S/c15-11-7-12-14(17-6-5-16-12)13(8-11)20(18,19)9-10-3-1-2-4-10/h5-8,10H,1-4,9H2. The predicted molar refractivity (Wildman–Crippen MR) is 78.6 cm³/mol. The molecule has 0 atom stereocenters. The zero-order chi connectivity index (χ0) is 14.2. The molecule has 106 valence electrons. The van der Waals surface area contributed by atoms with Gasteiger partial charge in [0, 0.05) is 17.4 Å². The van der Waals surface area contributed by atoms with Crippen LogP contribution in [0.4, 0.5) is 0 Å². The van der Waals surface area contributed by atoms with E-state index in [-0.39, 0.29) is 16.6 Å². The van der Waals surface area contributed by atoms with Crippen LogP contribution in [-0.4, -0.2) is 24.1 Å². The van der Waals surface area contributed by atoms with Crippen molar-refractivity contribution < 1.29 is 8.42 Å². The summed E-state index contributed by atoms with van der Waals surface area (Å²) in [5, 5.41) is 0.378. The summed E-state index contributed by atoms with van der Waals surface area (Å²) >= 11 is 6.01. The van der Waals surface area contributed by atoms with Crippen molar-refractivity contribution in [3.63, 3.8) is 0 Å². The third-order valence-electron chi connectivity index (χ3n) is 3.77. The first-order valence-corrected chi connectivity index (χ1v) is 8.72. The van der Waals surface area contributed by atoms with E-state index in [2.05, 4.69) is 9.97 Å². The summed E-state index contributed by atoms with van der Waals surface area (Å²) in [5.41, 5.74) is 0.930. The maximum absolute atomic E-state index is 12.6. The summed E-state index contributed by atoms with van der Waals surface area (Å²) in [6, 6.07) is 3.13. The molecular formula is C14H15ClN2O2S. The summed E-state index contributed by atoms with van der Waals surface area (Å²) in [7, 11) is -3.38. The number of fused-ring (bicyclic) bond motifs is 1. The van der Waals surface area contributed by atoms with Gasteiger partial charge in [-0.05, 0) is 30.9 Å². The number of aromatic nitrogens is 2. The van der Waals surface area contributed by atoms with E-state index in [4.69, 9.17) is 11.6 Å². The zero-order valence-corrected chi connectivity index (χ0v) is 12.5. The van der Waals surface area contributed by atoms with Crippen LogP contribution in [-0.2, 0) is 9.84 Å². The van der Waals surface area contributed by atoms with Gasteiger partial charge in [0.15, 0.2) is 9.84 Å². The van der Waals surface area contributed by atoms with E-state index in [1.165, 1.54) is 18.5 Å². The molecule has 0 unspecified atom stereocenters. The van der Waals surface area contributed by atoms with Crippen LogP contribution in [0.5, 0.6) is 0 Å². The molecule has 0 bridgehead atoms. The molecule has 3 rings (SSSR count). The van der Waals surface area contributed by atoms with Gasteiger partial charge in [0.1, 0.15) is 5.52 Å². The predicted octanol–water partition coefficient (Wildman–Crippen LogP) is 3.25. The number of nitrogens with zero attached hydrogens (tertiary/aromatic N) is 2. The van der Waals surface area contributed by atoms with Crippen molar-refractivity contribution >= 4 is 32.5 Å². The molecule has 0 amide bonds. The second kappa shape index (κ2) is 5.30. The lowest BCUT2D eigenvalue weighted by atomic mass is 10.1. The third-order valence-corrected chi connectivity index (χ3v) is 5.88. The topological polar surface area (TPSA) is 59.9 Å². The highest BCUT2D eigenvalue weighted by molar-refractivity contribution is 7.91. The Kier molecular flexibility index (Phi) is 3.65. The Morgan fingerprint density at radius 2 is 1.85 bits per heavy atom. The second-order valence-corrected chi connectivity index (χ2v) is 7.70. The molecule has 2 aromatic rings. The van der Waals surface area contributed by atoms with E-state index in [9.17, 15) is 8.42 Å². The van der Waals surface area contributed by atoms with Crippen molar-refractivity contribution in [2.45, 2.75) is 30.6 Å². The normalized spacial score (nSPS) is 16.9. The van der Waals surface area contributed by atoms with Gasteiger partial charge in [-0.2, -0.15) is 0 Å². The highest BCUT2D eigenvalue weighted by atomic mass is 35.5. The van der Waals surface area contributed by atoms with Gasteiger partial charge >= 0.3 is 0 Å². The molecule has 1 saturated carbocycles. The molecule has 0 N–H and O–H groups in total. The van der Waals surface area contributed by atoms with Gasteiger partial charge in [-0.3, -0.25) is 9.97 Å². The van der Waals surface area contributed by atoms with Crippen molar-refractivity contribution in [2.75, 3.05) is 5.75 Å². The fourth-order valence-electron chi connectivity index (χ4n) is 2.82. The fraction of sp³-hybridized carbons (Fsp3) is 0.429. The highest BCUT2D eigenvalue weighted by Gasteiger charge is 2.26. The van der Waals surface area contributed by atoms with Crippen molar-refractivity contribution in [1.82, 2.24) is 9.97 Å². The van der Waals surface area contributed by atoms with Gasteiger partial charge in [0.25, 0.3) is 0 Å². The minimum absolute atomic E-state index is 0.180. The average molecular weight is 311 g/mol. The largest absolute Gasteiger partial charge is 0.253 e. The van der Waals surface area contributed by atoms with E-state index < -0.39 is 9.84 Å². The van der Waals surface area contributed by atoms with Crippen LogP contribution in [0.15, 0.2) is 29.4 Å². The molecular weight excluding hydrogens is 296 g/mol.